The highest BCUT2D eigenvalue weighted by atomic mass is 32.2. The van der Waals surface area contributed by atoms with Crippen LogP contribution in [0.5, 0.6) is 5.75 Å². The van der Waals surface area contributed by atoms with E-state index in [-0.39, 0.29) is 21.0 Å². The summed E-state index contributed by atoms with van der Waals surface area (Å²) in [7, 11) is -2.63. The molecule has 2 heterocycles. The monoisotopic (exact) mass is 388 g/mol. The van der Waals surface area contributed by atoms with Crippen molar-refractivity contribution >= 4 is 26.6 Å². The predicted octanol–water partition coefficient (Wildman–Crippen LogP) is 3.27. The summed E-state index contributed by atoms with van der Waals surface area (Å²) in [5.74, 6) is 0.582. The number of aromatic nitrogens is 3. The van der Waals surface area contributed by atoms with E-state index >= 15 is 0 Å². The lowest BCUT2D eigenvalue weighted by Crippen LogP contribution is -2.20. The number of hydrogen-bond acceptors (Lipinski definition) is 4. The lowest BCUT2D eigenvalue weighted by Gasteiger charge is -2.10. The zero-order chi connectivity index (χ0) is 19.3. The number of hydrogen-bond donors (Lipinski definition) is 2. The number of H-pyrrole nitrogens is 1. The van der Waals surface area contributed by atoms with Gasteiger partial charge in [0.2, 0.25) is 0 Å². The van der Waals surface area contributed by atoms with Crippen molar-refractivity contribution in [3.8, 4) is 5.75 Å². The number of nitrogens with one attached hydrogen (secondary N) is 2. The number of sulfonamides is 1. The van der Waals surface area contributed by atoms with Gasteiger partial charge in [-0.25, -0.2) is 8.42 Å². The zero-order valence-electron chi connectivity index (χ0n) is 14.0. The summed E-state index contributed by atoms with van der Waals surface area (Å²) in [4.78, 5) is 2.78. The molecule has 140 valence electrons. The molecule has 0 unspecified atom stereocenters. The molecule has 0 atom stereocenters. The van der Waals surface area contributed by atoms with Crippen LogP contribution < -0.4 is 9.46 Å². The number of anilines is 1. The number of rotatable bonds is 4. The summed E-state index contributed by atoms with van der Waals surface area (Å²) in [5.41, 5.74) is 0.667. The van der Waals surface area contributed by atoms with E-state index in [4.69, 9.17) is 4.74 Å². The SMILES string of the molecule is COc1ccc2c(S(=O)(=O)Nc3cnn(C(F)(F)F)c3C)c[nH]c2c1C. The molecule has 0 saturated carbocycles. The van der Waals surface area contributed by atoms with Gasteiger partial charge in [0.1, 0.15) is 10.6 Å². The van der Waals surface area contributed by atoms with Gasteiger partial charge < -0.3 is 9.72 Å². The Kier molecular flexibility index (Phi) is 4.14. The number of benzene rings is 1. The van der Waals surface area contributed by atoms with Crippen LogP contribution in [0.3, 0.4) is 0 Å². The molecular weight excluding hydrogens is 373 g/mol. The highest BCUT2D eigenvalue weighted by Crippen LogP contribution is 2.32. The van der Waals surface area contributed by atoms with Gasteiger partial charge in [-0.2, -0.15) is 9.78 Å². The van der Waals surface area contributed by atoms with Crippen molar-refractivity contribution in [3.63, 3.8) is 0 Å². The van der Waals surface area contributed by atoms with Crippen LogP contribution in [0, 0.1) is 13.8 Å². The van der Waals surface area contributed by atoms with Crippen LogP contribution >= 0.6 is 0 Å². The molecule has 3 rings (SSSR count). The third-order valence-electron chi connectivity index (χ3n) is 4.03. The van der Waals surface area contributed by atoms with E-state index in [1.165, 1.54) is 13.3 Å². The molecule has 0 aliphatic carbocycles. The van der Waals surface area contributed by atoms with Crippen molar-refractivity contribution in [2.24, 2.45) is 0 Å². The molecule has 3 aromatic rings. The maximum Gasteiger partial charge on any atom is 0.504 e. The standard InChI is InChI=1S/C15H15F3N4O3S/c1-8-12(25-3)5-4-10-13(7-19-14(8)10)26(23,24)21-11-6-20-22(9(11)2)15(16,17)18/h4-7,19,21H,1-3H3. The fraction of sp³-hybridized carbons (Fsp3) is 0.267. The average Bonchev–Trinajstić information content (AvgIpc) is 3.12. The van der Waals surface area contributed by atoms with Gasteiger partial charge in [0.25, 0.3) is 10.0 Å². The molecule has 0 fully saturated rings. The third kappa shape index (κ3) is 2.87. The first-order valence-electron chi connectivity index (χ1n) is 7.35. The lowest BCUT2D eigenvalue weighted by atomic mass is 10.1. The molecule has 7 nitrogen and oxygen atoms in total. The van der Waals surface area contributed by atoms with Gasteiger partial charge in [-0.05, 0) is 26.0 Å². The second-order valence-corrected chi connectivity index (χ2v) is 7.25. The molecule has 2 aromatic heterocycles. The van der Waals surface area contributed by atoms with Crippen molar-refractivity contribution in [2.45, 2.75) is 25.0 Å². The van der Waals surface area contributed by atoms with Crippen LogP contribution in [0.4, 0.5) is 18.9 Å². The number of nitrogens with zero attached hydrogens (tertiary/aromatic N) is 2. The number of halogens is 3. The summed E-state index contributed by atoms with van der Waals surface area (Å²) in [6, 6.07) is 3.19. The quantitative estimate of drug-likeness (QED) is 0.718. The average molecular weight is 388 g/mol. The minimum atomic E-state index is -4.73. The summed E-state index contributed by atoms with van der Waals surface area (Å²) < 4.78 is 70.9. The Morgan fingerprint density at radius 2 is 1.96 bits per heavy atom. The molecule has 1 aromatic carbocycles. The fourth-order valence-electron chi connectivity index (χ4n) is 2.71. The number of alkyl halides is 3. The maximum absolute atomic E-state index is 12.8. The van der Waals surface area contributed by atoms with Crippen LogP contribution in [-0.2, 0) is 16.3 Å². The van der Waals surface area contributed by atoms with Crippen molar-refractivity contribution in [1.29, 1.82) is 0 Å². The molecule has 0 amide bonds. The molecular formula is C15H15F3N4O3S. The molecule has 11 heteroatoms. The Balaban J connectivity index is 2.04. The maximum atomic E-state index is 12.8. The third-order valence-corrected chi connectivity index (χ3v) is 5.44. The van der Waals surface area contributed by atoms with Gasteiger partial charge >= 0.3 is 6.30 Å². The Morgan fingerprint density at radius 3 is 2.54 bits per heavy atom. The molecule has 0 saturated heterocycles. The van der Waals surface area contributed by atoms with Crippen molar-refractivity contribution in [1.82, 2.24) is 14.8 Å². The molecule has 0 radical (unpaired) electrons. The molecule has 0 aliphatic heterocycles. The minimum Gasteiger partial charge on any atom is -0.496 e. The Hall–Kier alpha value is -2.69. The van der Waals surface area contributed by atoms with Gasteiger partial charge in [0.05, 0.1) is 30.2 Å². The summed E-state index contributed by atoms with van der Waals surface area (Å²) in [6.45, 7) is 2.89. The highest BCUT2D eigenvalue weighted by molar-refractivity contribution is 7.93. The number of fused-ring (bicyclic) bond motifs is 1. The summed E-state index contributed by atoms with van der Waals surface area (Å²) in [5, 5.41) is 3.59. The summed E-state index contributed by atoms with van der Waals surface area (Å²) in [6.07, 6.45) is -2.63. The first kappa shape index (κ1) is 18.1. The van der Waals surface area contributed by atoms with E-state index in [1.807, 2.05) is 0 Å². The van der Waals surface area contributed by atoms with E-state index in [0.717, 1.165) is 13.1 Å². The van der Waals surface area contributed by atoms with Crippen molar-refractivity contribution < 1.29 is 26.3 Å². The molecule has 0 aliphatic rings. The normalized spacial score (nSPS) is 12.5. The Labute approximate surface area is 146 Å². The molecule has 0 bridgehead atoms. The molecule has 26 heavy (non-hydrogen) atoms. The first-order chi connectivity index (χ1) is 12.1. The zero-order valence-corrected chi connectivity index (χ0v) is 14.8. The second kappa shape index (κ2) is 5.94. The van der Waals surface area contributed by atoms with Crippen molar-refractivity contribution in [3.05, 3.63) is 35.8 Å². The van der Waals surface area contributed by atoms with E-state index in [1.54, 1.807) is 19.1 Å². The largest absolute Gasteiger partial charge is 0.504 e. The van der Waals surface area contributed by atoms with E-state index in [0.29, 0.717) is 22.2 Å². The van der Waals surface area contributed by atoms with Gasteiger partial charge in [-0.1, -0.05) is 0 Å². The van der Waals surface area contributed by atoms with Crippen LogP contribution in [0.25, 0.3) is 10.9 Å². The van der Waals surface area contributed by atoms with Crippen molar-refractivity contribution in [2.75, 3.05) is 11.8 Å². The minimum absolute atomic E-state index is 0.0857. The number of ether oxygens (including phenoxy) is 1. The van der Waals surface area contributed by atoms with Gasteiger partial charge in [-0.15, -0.1) is 13.2 Å². The topological polar surface area (TPSA) is 89.0 Å². The Morgan fingerprint density at radius 1 is 1.27 bits per heavy atom. The van der Waals surface area contributed by atoms with Crippen LogP contribution in [0.15, 0.2) is 29.4 Å². The van der Waals surface area contributed by atoms with Crippen LogP contribution in [0.2, 0.25) is 0 Å². The lowest BCUT2D eigenvalue weighted by molar-refractivity contribution is -0.213. The molecule has 0 spiro atoms. The fourth-order valence-corrected chi connectivity index (χ4v) is 3.98. The van der Waals surface area contributed by atoms with Crippen LogP contribution in [0.1, 0.15) is 11.3 Å². The number of methoxy groups -OCH3 is 1. The van der Waals surface area contributed by atoms with Gasteiger partial charge in [0.15, 0.2) is 0 Å². The number of aromatic amines is 1. The number of aryl methyl sites for hydroxylation is 1. The Bertz CT molecular complexity index is 1080. The van der Waals surface area contributed by atoms with Gasteiger partial charge in [-0.3, -0.25) is 4.72 Å². The van der Waals surface area contributed by atoms with Gasteiger partial charge in [0, 0.05) is 17.1 Å². The van der Waals surface area contributed by atoms with E-state index in [9.17, 15) is 21.6 Å². The smallest absolute Gasteiger partial charge is 0.496 e. The highest BCUT2D eigenvalue weighted by Gasteiger charge is 2.34. The van der Waals surface area contributed by atoms with E-state index < -0.39 is 16.3 Å². The molecule has 2 N–H and O–H groups in total. The second-order valence-electron chi connectivity index (χ2n) is 5.60. The van der Waals surface area contributed by atoms with Crippen LogP contribution in [-0.4, -0.2) is 30.3 Å². The summed E-state index contributed by atoms with van der Waals surface area (Å²) >= 11 is 0. The first-order valence-corrected chi connectivity index (χ1v) is 8.84. The van der Waals surface area contributed by atoms with E-state index in [2.05, 4.69) is 14.8 Å². The predicted molar refractivity (Wildman–Crippen MR) is 88.7 cm³/mol.